The van der Waals surface area contributed by atoms with Crippen LogP contribution in [0.15, 0.2) is 60.8 Å². The van der Waals surface area contributed by atoms with E-state index in [-0.39, 0.29) is 38.6 Å². The topological polar surface area (TPSA) is 134 Å². The highest BCUT2D eigenvalue weighted by molar-refractivity contribution is 7.47. The van der Waals surface area contributed by atoms with Crippen LogP contribution in [0.4, 0.5) is 0 Å². The monoisotopic (exact) mass is 1260 g/mol. The van der Waals surface area contributed by atoms with Crippen LogP contribution in [0.3, 0.4) is 0 Å². The minimum atomic E-state index is -4.39. The molecule has 0 heterocycles. The molecule has 10 heteroatoms. The molecule has 9 nitrogen and oxygen atoms in total. The fraction of sp³-hybridized carbons (Fsp3) is 0.846. The Morgan fingerprint density at radius 1 is 0.352 bits per heavy atom. The van der Waals surface area contributed by atoms with E-state index >= 15 is 0 Å². The van der Waals surface area contributed by atoms with Crippen LogP contribution < -0.4 is 5.73 Å². The maximum absolute atomic E-state index is 12.8. The molecule has 3 N–H and O–H groups in total. The molecule has 0 aliphatic carbocycles. The second-order valence-electron chi connectivity index (χ2n) is 25.9. The van der Waals surface area contributed by atoms with E-state index in [4.69, 9.17) is 24.3 Å². The van der Waals surface area contributed by atoms with Crippen LogP contribution in [0.5, 0.6) is 0 Å². The van der Waals surface area contributed by atoms with Crippen molar-refractivity contribution in [2.75, 3.05) is 26.4 Å². The van der Waals surface area contributed by atoms with Crippen LogP contribution in [0, 0.1) is 0 Å². The third-order valence-corrected chi connectivity index (χ3v) is 18.2. The standard InChI is InChI=1S/C78H146NO8P/c1-3-5-7-9-11-13-15-17-19-21-23-25-27-29-31-33-35-37-38-39-41-43-45-47-49-51-53-55-57-59-61-63-65-67-69-71-78(81)87-76(75-86-88(82,83)85-73-72-79)74-84-77(80)70-68-66-64-62-60-58-56-54-52-50-48-46-44-42-40-36-34-32-30-28-26-24-22-20-18-16-14-12-10-8-6-4-2/h5,7,11,13,17,19,23,25,29,31,76H,3-4,6,8-10,12,14-16,18,20-22,24,26-28,30,32-75,79H2,1-2H3,(H,82,83)/b7-5-,13-11-,19-17-,25-23-,31-29-. The highest BCUT2D eigenvalue weighted by atomic mass is 31.2. The summed E-state index contributed by atoms with van der Waals surface area (Å²) < 4.78 is 33.3. The minimum absolute atomic E-state index is 0.0553. The van der Waals surface area contributed by atoms with Crippen molar-refractivity contribution >= 4 is 19.8 Å². The third-order valence-electron chi connectivity index (χ3n) is 17.2. The van der Waals surface area contributed by atoms with Crippen molar-refractivity contribution < 1.29 is 37.6 Å². The lowest BCUT2D eigenvalue weighted by Gasteiger charge is -2.19. The van der Waals surface area contributed by atoms with Gasteiger partial charge in [0.25, 0.3) is 0 Å². The Morgan fingerprint density at radius 3 is 0.932 bits per heavy atom. The van der Waals surface area contributed by atoms with Crippen LogP contribution in [-0.2, 0) is 32.7 Å². The maximum atomic E-state index is 12.8. The summed E-state index contributed by atoms with van der Waals surface area (Å²) in [5.41, 5.74) is 5.41. The van der Waals surface area contributed by atoms with Crippen LogP contribution in [0.25, 0.3) is 0 Å². The number of hydrogen-bond donors (Lipinski definition) is 2. The second kappa shape index (κ2) is 73.8. The Labute approximate surface area is 546 Å². The SMILES string of the molecule is CC/C=C\C/C=C\C/C=C\C/C=C\C/C=C\CCCCCCCCCCCCCCCCCCCCCC(=O)OC(COC(=O)CCCCCCCCCCCCCCCCCCCCCCCCCCCCCCCCCC)COP(=O)(O)OCCN. The number of hydrogen-bond acceptors (Lipinski definition) is 8. The largest absolute Gasteiger partial charge is 0.472 e. The zero-order valence-corrected chi connectivity index (χ0v) is 59.1. The molecule has 516 valence electrons. The molecule has 0 radical (unpaired) electrons. The number of rotatable bonds is 73. The number of phosphoric acid groups is 1. The molecule has 0 aliphatic heterocycles. The van der Waals surface area contributed by atoms with Gasteiger partial charge in [0.15, 0.2) is 6.10 Å². The van der Waals surface area contributed by atoms with Gasteiger partial charge in [0.1, 0.15) is 6.61 Å². The molecule has 0 amide bonds. The summed E-state index contributed by atoms with van der Waals surface area (Å²) in [5, 5.41) is 0. The van der Waals surface area contributed by atoms with Crippen LogP contribution >= 0.6 is 7.82 Å². The number of allylic oxidation sites excluding steroid dienone is 10. The highest BCUT2D eigenvalue weighted by Gasteiger charge is 2.26. The Bertz CT molecular complexity index is 1630. The average Bonchev–Trinajstić information content (AvgIpc) is 3.62. The molecule has 0 rings (SSSR count). The Morgan fingerprint density at radius 2 is 0.625 bits per heavy atom. The summed E-state index contributed by atoms with van der Waals surface area (Å²) in [6.45, 7) is 3.71. The number of nitrogens with two attached hydrogens (primary N) is 1. The van der Waals surface area contributed by atoms with Crippen molar-refractivity contribution in [3.8, 4) is 0 Å². The van der Waals surface area contributed by atoms with Gasteiger partial charge in [-0.2, -0.15) is 0 Å². The Balaban J connectivity index is 3.78. The lowest BCUT2D eigenvalue weighted by atomic mass is 10.0. The number of phosphoric ester groups is 1. The fourth-order valence-electron chi connectivity index (χ4n) is 11.6. The zero-order chi connectivity index (χ0) is 63.7. The van der Waals surface area contributed by atoms with E-state index in [0.29, 0.717) is 6.42 Å². The van der Waals surface area contributed by atoms with Crippen molar-refractivity contribution in [3.05, 3.63) is 60.8 Å². The normalized spacial score (nSPS) is 13.2. The molecular formula is C78H146NO8P. The van der Waals surface area contributed by atoms with E-state index in [2.05, 4.69) is 74.6 Å². The van der Waals surface area contributed by atoms with Gasteiger partial charge < -0.3 is 20.1 Å². The molecule has 0 aromatic carbocycles. The lowest BCUT2D eigenvalue weighted by Crippen LogP contribution is -2.29. The van der Waals surface area contributed by atoms with E-state index in [9.17, 15) is 19.0 Å². The number of carbonyl (C=O) groups is 2. The maximum Gasteiger partial charge on any atom is 0.472 e. The van der Waals surface area contributed by atoms with Gasteiger partial charge in [-0.15, -0.1) is 0 Å². The van der Waals surface area contributed by atoms with Gasteiger partial charge >= 0.3 is 19.8 Å². The molecule has 0 saturated heterocycles. The van der Waals surface area contributed by atoms with Crippen LogP contribution in [0.1, 0.15) is 393 Å². The molecule has 0 fully saturated rings. The van der Waals surface area contributed by atoms with Crippen molar-refractivity contribution in [1.29, 1.82) is 0 Å². The van der Waals surface area contributed by atoms with Crippen molar-refractivity contribution in [3.63, 3.8) is 0 Å². The molecule has 2 atom stereocenters. The summed E-state index contributed by atoms with van der Waals surface area (Å²) in [7, 11) is -4.39. The summed E-state index contributed by atoms with van der Waals surface area (Å²) in [5.74, 6) is -0.805. The summed E-state index contributed by atoms with van der Waals surface area (Å²) in [6, 6.07) is 0. The van der Waals surface area contributed by atoms with Crippen LogP contribution in [-0.4, -0.2) is 49.3 Å². The first kappa shape index (κ1) is 85.7. The minimum Gasteiger partial charge on any atom is -0.462 e. The second-order valence-corrected chi connectivity index (χ2v) is 27.3. The predicted octanol–water partition coefficient (Wildman–Crippen LogP) is 25.4. The molecule has 0 bridgehead atoms. The quantitative estimate of drug-likeness (QED) is 0.0264. The van der Waals surface area contributed by atoms with Gasteiger partial charge in [0, 0.05) is 19.4 Å². The van der Waals surface area contributed by atoms with Gasteiger partial charge in [-0.25, -0.2) is 4.57 Å². The molecule has 0 aliphatic rings. The Hall–Kier alpha value is -2.29. The van der Waals surface area contributed by atoms with Gasteiger partial charge in [0.2, 0.25) is 0 Å². The first-order chi connectivity index (χ1) is 43.3. The average molecular weight is 1260 g/mol. The van der Waals surface area contributed by atoms with Gasteiger partial charge in [-0.1, -0.05) is 383 Å². The number of carbonyl (C=O) groups excluding carboxylic acids is 2. The summed E-state index contributed by atoms with van der Waals surface area (Å²) >= 11 is 0. The van der Waals surface area contributed by atoms with Gasteiger partial charge in [-0.05, 0) is 57.8 Å². The first-order valence-electron chi connectivity index (χ1n) is 38.3. The molecular weight excluding hydrogens is 1110 g/mol. The number of esters is 2. The van der Waals surface area contributed by atoms with E-state index in [0.717, 1.165) is 64.2 Å². The van der Waals surface area contributed by atoms with Crippen molar-refractivity contribution in [2.24, 2.45) is 5.73 Å². The van der Waals surface area contributed by atoms with E-state index in [1.54, 1.807) is 0 Å². The van der Waals surface area contributed by atoms with Crippen LogP contribution in [0.2, 0.25) is 0 Å². The van der Waals surface area contributed by atoms with E-state index in [1.807, 2.05) is 0 Å². The van der Waals surface area contributed by atoms with Gasteiger partial charge in [0.05, 0.1) is 13.2 Å². The smallest absolute Gasteiger partial charge is 0.462 e. The zero-order valence-electron chi connectivity index (χ0n) is 58.2. The molecule has 2 unspecified atom stereocenters. The third kappa shape index (κ3) is 72.8. The van der Waals surface area contributed by atoms with E-state index < -0.39 is 26.5 Å². The predicted molar refractivity (Wildman–Crippen MR) is 381 cm³/mol. The fourth-order valence-corrected chi connectivity index (χ4v) is 12.3. The van der Waals surface area contributed by atoms with Gasteiger partial charge in [-0.3, -0.25) is 18.6 Å². The molecule has 0 aromatic rings. The van der Waals surface area contributed by atoms with E-state index in [1.165, 1.54) is 295 Å². The lowest BCUT2D eigenvalue weighted by molar-refractivity contribution is -0.161. The molecule has 0 saturated carbocycles. The Kier molecular flexibility index (Phi) is 71.8. The first-order valence-corrected chi connectivity index (χ1v) is 39.8. The molecule has 0 aromatic heterocycles. The summed E-state index contributed by atoms with van der Waals surface area (Å²) in [4.78, 5) is 35.4. The van der Waals surface area contributed by atoms with Crippen molar-refractivity contribution in [2.45, 2.75) is 399 Å². The van der Waals surface area contributed by atoms with Crippen molar-refractivity contribution in [1.82, 2.24) is 0 Å². The molecule has 88 heavy (non-hydrogen) atoms. The highest BCUT2D eigenvalue weighted by Crippen LogP contribution is 2.43. The summed E-state index contributed by atoms with van der Waals surface area (Å²) in [6.07, 6.45) is 96.4. The number of ether oxygens (including phenoxy) is 2. The number of unbranched alkanes of at least 4 members (excludes halogenated alkanes) is 50. The molecule has 0 spiro atoms.